The topological polar surface area (TPSA) is 76.2 Å². The van der Waals surface area contributed by atoms with Gasteiger partial charge >= 0.3 is 0 Å². The number of hydrogen-bond donors (Lipinski definition) is 2. The van der Waals surface area contributed by atoms with Crippen LogP contribution in [-0.2, 0) is 0 Å². The molecule has 2 aliphatic rings. The number of hydrogen-bond acceptors (Lipinski definition) is 8. The van der Waals surface area contributed by atoms with E-state index in [1.807, 2.05) is 13.0 Å². The second-order valence-electron chi connectivity index (χ2n) is 8.13. The lowest BCUT2D eigenvalue weighted by molar-refractivity contribution is 0.0980. The highest BCUT2D eigenvalue weighted by Gasteiger charge is 2.28. The van der Waals surface area contributed by atoms with Gasteiger partial charge in [0.2, 0.25) is 5.95 Å². The largest absolute Gasteiger partial charge is 0.341 e. The van der Waals surface area contributed by atoms with Crippen LogP contribution in [0.4, 0.5) is 17.6 Å². The first-order valence-electron chi connectivity index (χ1n) is 10.4. The summed E-state index contributed by atoms with van der Waals surface area (Å²) >= 11 is 1.66. The zero-order chi connectivity index (χ0) is 19.8. The van der Waals surface area contributed by atoms with Crippen LogP contribution in [0.3, 0.4) is 0 Å². The standard InChI is InChI=1S/C20H28N8S/c1-14-13-17(25-24-14)22-19-18-16(5-12-29-18)21-20(23-19)28-6-3-15(4-7-28)27-10-8-26(2)9-11-27/h5,12-13,15H,3-4,6-11H2,1-2H3,(H2,21,22,23,24,25). The highest BCUT2D eigenvalue weighted by Crippen LogP contribution is 2.31. The van der Waals surface area contributed by atoms with Crippen molar-refractivity contribution in [2.75, 3.05) is 56.5 Å². The molecule has 3 aromatic rings. The zero-order valence-electron chi connectivity index (χ0n) is 17.1. The molecule has 0 aliphatic carbocycles. The molecule has 0 saturated carbocycles. The Labute approximate surface area is 174 Å². The summed E-state index contributed by atoms with van der Waals surface area (Å²) in [5.74, 6) is 2.45. The van der Waals surface area contributed by atoms with Crippen LogP contribution in [0, 0.1) is 6.92 Å². The van der Waals surface area contributed by atoms with Crippen LogP contribution in [-0.4, -0.2) is 82.3 Å². The number of anilines is 3. The van der Waals surface area contributed by atoms with Crippen LogP contribution in [0.1, 0.15) is 18.5 Å². The van der Waals surface area contributed by atoms with Crippen LogP contribution in [0.15, 0.2) is 17.5 Å². The fourth-order valence-electron chi connectivity index (χ4n) is 4.30. The van der Waals surface area contributed by atoms with Gasteiger partial charge in [-0.3, -0.25) is 10.00 Å². The molecule has 0 aromatic carbocycles. The molecule has 0 unspecified atom stereocenters. The highest BCUT2D eigenvalue weighted by atomic mass is 32.1. The number of aromatic amines is 1. The number of piperidine rings is 1. The molecule has 5 rings (SSSR count). The number of thiophene rings is 1. The quantitative estimate of drug-likeness (QED) is 0.682. The first-order valence-corrected chi connectivity index (χ1v) is 11.3. The summed E-state index contributed by atoms with van der Waals surface area (Å²) in [4.78, 5) is 17.2. The van der Waals surface area contributed by atoms with E-state index in [4.69, 9.17) is 9.97 Å². The van der Waals surface area contributed by atoms with E-state index in [2.05, 4.69) is 48.7 Å². The summed E-state index contributed by atoms with van der Waals surface area (Å²) < 4.78 is 1.07. The van der Waals surface area contributed by atoms with Gasteiger partial charge < -0.3 is 15.1 Å². The maximum absolute atomic E-state index is 4.89. The van der Waals surface area contributed by atoms with Crippen LogP contribution in [0.25, 0.3) is 10.2 Å². The van der Waals surface area contributed by atoms with E-state index < -0.39 is 0 Å². The number of aromatic nitrogens is 4. The van der Waals surface area contributed by atoms with Gasteiger partial charge in [0.05, 0.1) is 10.2 Å². The molecule has 0 bridgehead atoms. The molecule has 2 fully saturated rings. The molecule has 29 heavy (non-hydrogen) atoms. The predicted molar refractivity (Wildman–Crippen MR) is 118 cm³/mol. The molecule has 0 amide bonds. The third-order valence-electron chi connectivity index (χ3n) is 6.05. The monoisotopic (exact) mass is 412 g/mol. The van der Waals surface area contributed by atoms with Gasteiger partial charge in [-0.1, -0.05) is 0 Å². The fourth-order valence-corrected chi connectivity index (χ4v) is 5.07. The van der Waals surface area contributed by atoms with Gasteiger partial charge in [0.25, 0.3) is 0 Å². The minimum Gasteiger partial charge on any atom is -0.341 e. The van der Waals surface area contributed by atoms with Crippen molar-refractivity contribution < 1.29 is 0 Å². The Balaban J connectivity index is 1.32. The number of piperazine rings is 1. The Kier molecular flexibility index (Phi) is 5.11. The first-order chi connectivity index (χ1) is 14.2. The lowest BCUT2D eigenvalue weighted by Gasteiger charge is -2.42. The van der Waals surface area contributed by atoms with E-state index in [1.54, 1.807) is 11.3 Å². The van der Waals surface area contributed by atoms with Gasteiger partial charge in [0.1, 0.15) is 0 Å². The van der Waals surface area contributed by atoms with E-state index in [0.717, 1.165) is 46.6 Å². The SMILES string of the molecule is Cc1cc(Nc2nc(N3CCC(N4CCN(C)CC4)CC3)nc3ccsc23)n[nH]1. The second kappa shape index (κ2) is 7.89. The summed E-state index contributed by atoms with van der Waals surface area (Å²) in [6, 6.07) is 4.75. The number of fused-ring (bicyclic) bond motifs is 1. The molecule has 0 atom stereocenters. The Hall–Kier alpha value is -2.23. The molecular weight excluding hydrogens is 384 g/mol. The van der Waals surface area contributed by atoms with Crippen molar-refractivity contribution in [3.8, 4) is 0 Å². The lowest BCUT2D eigenvalue weighted by Crippen LogP contribution is -2.52. The molecule has 9 heteroatoms. The Morgan fingerprint density at radius 3 is 2.62 bits per heavy atom. The summed E-state index contributed by atoms with van der Waals surface area (Å²) in [7, 11) is 2.22. The van der Waals surface area contributed by atoms with Crippen molar-refractivity contribution in [2.45, 2.75) is 25.8 Å². The summed E-state index contributed by atoms with van der Waals surface area (Å²) in [6.45, 7) is 8.75. The molecule has 2 aliphatic heterocycles. The maximum atomic E-state index is 4.89. The molecule has 0 radical (unpaired) electrons. The molecule has 8 nitrogen and oxygen atoms in total. The summed E-state index contributed by atoms with van der Waals surface area (Å²) in [5, 5.41) is 12.7. The summed E-state index contributed by atoms with van der Waals surface area (Å²) in [5.41, 5.74) is 2.02. The molecule has 3 aromatic heterocycles. The highest BCUT2D eigenvalue weighted by molar-refractivity contribution is 7.17. The van der Waals surface area contributed by atoms with Crippen molar-refractivity contribution in [1.82, 2.24) is 30.0 Å². The Morgan fingerprint density at radius 1 is 1.10 bits per heavy atom. The van der Waals surface area contributed by atoms with Crippen molar-refractivity contribution >= 4 is 39.1 Å². The lowest BCUT2D eigenvalue weighted by atomic mass is 10.0. The Morgan fingerprint density at radius 2 is 1.90 bits per heavy atom. The number of likely N-dealkylation sites (N-methyl/N-ethyl adjacent to an activating group) is 1. The predicted octanol–water partition coefficient (Wildman–Crippen LogP) is 2.68. The minimum absolute atomic E-state index is 0.689. The third-order valence-corrected chi connectivity index (χ3v) is 6.96. The van der Waals surface area contributed by atoms with Gasteiger partial charge in [-0.25, -0.2) is 4.98 Å². The second-order valence-corrected chi connectivity index (χ2v) is 9.04. The smallest absolute Gasteiger partial charge is 0.227 e. The number of nitrogens with one attached hydrogen (secondary N) is 2. The average Bonchev–Trinajstić information content (AvgIpc) is 3.37. The van der Waals surface area contributed by atoms with E-state index >= 15 is 0 Å². The van der Waals surface area contributed by atoms with Crippen molar-refractivity contribution in [3.05, 3.63) is 23.2 Å². The third kappa shape index (κ3) is 3.94. The average molecular weight is 413 g/mol. The number of H-pyrrole nitrogens is 1. The van der Waals surface area contributed by atoms with E-state index in [-0.39, 0.29) is 0 Å². The van der Waals surface area contributed by atoms with Gasteiger partial charge in [-0.2, -0.15) is 10.1 Å². The number of nitrogens with zero attached hydrogens (tertiary/aromatic N) is 6. The molecule has 2 N–H and O–H groups in total. The van der Waals surface area contributed by atoms with Gasteiger partial charge in [0.15, 0.2) is 11.6 Å². The van der Waals surface area contributed by atoms with Crippen LogP contribution in [0.5, 0.6) is 0 Å². The van der Waals surface area contributed by atoms with Crippen molar-refractivity contribution in [1.29, 1.82) is 0 Å². The minimum atomic E-state index is 0.689. The first kappa shape index (κ1) is 18.8. The maximum Gasteiger partial charge on any atom is 0.227 e. The van der Waals surface area contributed by atoms with Crippen molar-refractivity contribution in [2.24, 2.45) is 0 Å². The molecule has 2 saturated heterocycles. The Bertz CT molecular complexity index is 966. The molecule has 154 valence electrons. The zero-order valence-corrected chi connectivity index (χ0v) is 17.9. The number of rotatable bonds is 4. The van der Waals surface area contributed by atoms with Gasteiger partial charge in [-0.15, -0.1) is 11.3 Å². The van der Waals surface area contributed by atoms with E-state index in [0.29, 0.717) is 6.04 Å². The normalized spacial score (nSPS) is 19.9. The van der Waals surface area contributed by atoms with E-state index in [1.165, 1.54) is 39.0 Å². The van der Waals surface area contributed by atoms with Crippen molar-refractivity contribution in [3.63, 3.8) is 0 Å². The molecule has 0 spiro atoms. The van der Waals surface area contributed by atoms with Crippen LogP contribution in [0.2, 0.25) is 0 Å². The van der Waals surface area contributed by atoms with E-state index in [9.17, 15) is 0 Å². The molecule has 5 heterocycles. The fraction of sp³-hybridized carbons (Fsp3) is 0.550. The summed E-state index contributed by atoms with van der Waals surface area (Å²) in [6.07, 6.45) is 2.35. The van der Waals surface area contributed by atoms with Crippen LogP contribution >= 0.6 is 11.3 Å². The number of aryl methyl sites for hydroxylation is 1. The van der Waals surface area contributed by atoms with Gasteiger partial charge in [0, 0.05) is 57.1 Å². The molecular formula is C20H28N8S. The van der Waals surface area contributed by atoms with Crippen LogP contribution < -0.4 is 10.2 Å². The van der Waals surface area contributed by atoms with Gasteiger partial charge in [-0.05, 0) is 38.3 Å².